The van der Waals surface area contributed by atoms with Gasteiger partial charge in [0, 0.05) is 66.4 Å². The van der Waals surface area contributed by atoms with Crippen LogP contribution < -0.4 is 5.32 Å². The average molecular weight is 592 g/mol. The first-order valence-corrected chi connectivity index (χ1v) is 15.4. The number of alkyl halides is 1. The highest BCUT2D eigenvalue weighted by molar-refractivity contribution is 6.10. The summed E-state index contributed by atoms with van der Waals surface area (Å²) in [6.45, 7) is 8.58. The van der Waals surface area contributed by atoms with Gasteiger partial charge in [0.05, 0.1) is 29.0 Å². The maximum absolute atomic E-state index is 14.5. The lowest BCUT2D eigenvalue weighted by atomic mass is 9.88. The number of nitrogens with zero attached hydrogens (tertiary/aromatic N) is 4. The summed E-state index contributed by atoms with van der Waals surface area (Å²) in [6, 6.07) is 5.33. The molecule has 3 fully saturated rings. The molecule has 3 aliphatic rings. The van der Waals surface area contributed by atoms with Crippen LogP contribution >= 0.6 is 0 Å². The molecule has 4 atom stereocenters. The van der Waals surface area contributed by atoms with Crippen LogP contribution in [0, 0.1) is 17.7 Å². The number of likely N-dealkylation sites (tertiary alicyclic amines) is 1. The number of benzene rings is 1. The summed E-state index contributed by atoms with van der Waals surface area (Å²) in [4.78, 5) is 48.7. The predicted octanol–water partition coefficient (Wildman–Crippen LogP) is 4.93. The number of ketones is 1. The summed E-state index contributed by atoms with van der Waals surface area (Å²) >= 11 is 0. The number of pyridine rings is 1. The van der Waals surface area contributed by atoms with Crippen LogP contribution in [-0.4, -0.2) is 80.4 Å². The van der Waals surface area contributed by atoms with Gasteiger partial charge in [0.2, 0.25) is 5.91 Å². The van der Waals surface area contributed by atoms with Crippen molar-refractivity contribution in [3.8, 4) is 5.69 Å². The molecule has 1 aliphatic carbocycles. The van der Waals surface area contributed by atoms with E-state index in [4.69, 9.17) is 0 Å². The van der Waals surface area contributed by atoms with E-state index < -0.39 is 18.0 Å². The zero-order valence-corrected chi connectivity index (χ0v) is 25.1. The highest BCUT2D eigenvalue weighted by Crippen LogP contribution is 2.39. The van der Waals surface area contributed by atoms with Crippen LogP contribution in [0.1, 0.15) is 74.1 Å². The molecular weight excluding hydrogens is 552 g/mol. The third-order valence-electron chi connectivity index (χ3n) is 9.49. The second-order valence-electron chi connectivity index (χ2n) is 12.8. The van der Waals surface area contributed by atoms with Crippen molar-refractivity contribution >= 4 is 28.5 Å². The van der Waals surface area contributed by atoms with Crippen molar-refractivity contribution < 1.29 is 23.2 Å². The molecule has 2 amide bonds. The summed E-state index contributed by atoms with van der Waals surface area (Å²) in [5.41, 5.74) is 1.82. The number of carbonyl (C=O) groups is 3. The second-order valence-corrected chi connectivity index (χ2v) is 12.8. The van der Waals surface area contributed by atoms with E-state index in [-0.39, 0.29) is 53.1 Å². The lowest BCUT2D eigenvalue weighted by Crippen LogP contribution is -2.53. The standard InChI is InChI=1S/C33H39F2N5O3/c1-18(2)40(19(3)4)32(42)25-13-21(34)5-6-28(25)39-17-26(23-7-10-36-16-29(23)39)31(41)20-8-11-38(12-9-20)33(43)30-24-14-22(37-30)15-27(24)35/h5-7,10,13,16-20,22,24,27,30,37H,8-9,11-12,14-15H2,1-4H3/t22-,24+,27-,30-/m0/s1. The summed E-state index contributed by atoms with van der Waals surface area (Å²) < 4.78 is 30.6. The van der Waals surface area contributed by atoms with E-state index in [0.717, 1.165) is 0 Å². The Kier molecular flexibility index (Phi) is 7.83. The van der Waals surface area contributed by atoms with Crippen molar-refractivity contribution in [3.05, 3.63) is 59.8 Å². The quantitative estimate of drug-likeness (QED) is 0.394. The molecule has 0 unspecified atom stereocenters. The molecule has 43 heavy (non-hydrogen) atoms. The highest BCUT2D eigenvalue weighted by Gasteiger charge is 2.50. The van der Waals surface area contributed by atoms with Gasteiger partial charge in [-0.25, -0.2) is 8.78 Å². The van der Waals surface area contributed by atoms with Gasteiger partial charge < -0.3 is 19.7 Å². The van der Waals surface area contributed by atoms with Crippen molar-refractivity contribution in [2.45, 2.75) is 83.7 Å². The first-order valence-electron chi connectivity index (χ1n) is 15.4. The SMILES string of the molecule is CC(C)N(C(=O)c1cc(F)ccc1-n1cc(C(=O)C2CCN(C(=O)[C@H]3N[C@H]4C[C@@H]3[C@@H](F)C4)CC2)c2ccncc21)C(C)C. The molecule has 8 nitrogen and oxygen atoms in total. The molecule has 4 heterocycles. The largest absolute Gasteiger partial charge is 0.341 e. The van der Waals surface area contributed by atoms with E-state index in [1.807, 2.05) is 27.7 Å². The molecule has 3 aromatic rings. The Morgan fingerprint density at radius 1 is 1.02 bits per heavy atom. The van der Waals surface area contributed by atoms with E-state index in [2.05, 4.69) is 10.3 Å². The lowest BCUT2D eigenvalue weighted by molar-refractivity contribution is -0.136. The maximum atomic E-state index is 14.5. The van der Waals surface area contributed by atoms with Crippen LogP contribution in [-0.2, 0) is 4.79 Å². The molecule has 228 valence electrons. The average Bonchev–Trinajstić information content (AvgIpc) is 3.68. The number of hydrogen-bond acceptors (Lipinski definition) is 5. The molecular formula is C33H39F2N5O3. The number of piperidine rings is 2. The van der Waals surface area contributed by atoms with Crippen molar-refractivity contribution in [2.75, 3.05) is 13.1 Å². The van der Waals surface area contributed by atoms with Gasteiger partial charge in [-0.2, -0.15) is 0 Å². The maximum Gasteiger partial charge on any atom is 0.256 e. The monoisotopic (exact) mass is 591 g/mol. The zero-order chi connectivity index (χ0) is 30.6. The Hall–Kier alpha value is -3.66. The fourth-order valence-electron chi connectivity index (χ4n) is 7.47. The van der Waals surface area contributed by atoms with Gasteiger partial charge in [-0.1, -0.05) is 0 Å². The molecule has 2 bridgehead atoms. The Morgan fingerprint density at radius 2 is 1.74 bits per heavy atom. The Balaban J connectivity index is 1.26. The molecule has 6 rings (SSSR count). The molecule has 1 N–H and O–H groups in total. The number of fused-ring (bicyclic) bond motifs is 3. The summed E-state index contributed by atoms with van der Waals surface area (Å²) in [6.07, 6.45) is 6.29. The van der Waals surface area contributed by atoms with Crippen LogP contribution in [0.3, 0.4) is 0 Å². The van der Waals surface area contributed by atoms with Crippen LogP contribution in [0.5, 0.6) is 0 Å². The Morgan fingerprint density at radius 3 is 2.40 bits per heavy atom. The number of carbonyl (C=O) groups excluding carboxylic acids is 3. The van der Waals surface area contributed by atoms with Gasteiger partial charge in [-0.05, 0) is 77.6 Å². The van der Waals surface area contributed by atoms with Gasteiger partial charge in [0.25, 0.3) is 5.91 Å². The first kappa shape index (κ1) is 29.4. The van der Waals surface area contributed by atoms with Gasteiger partial charge in [0.15, 0.2) is 5.78 Å². The number of rotatable bonds is 7. The first-order chi connectivity index (χ1) is 20.5. The molecule has 2 saturated heterocycles. The number of amides is 2. The van der Waals surface area contributed by atoms with Crippen molar-refractivity contribution in [2.24, 2.45) is 11.8 Å². The summed E-state index contributed by atoms with van der Waals surface area (Å²) in [5.74, 6) is -1.45. The van der Waals surface area contributed by atoms with Crippen LogP contribution in [0.15, 0.2) is 42.9 Å². The number of halogens is 2. The number of aromatic nitrogens is 2. The van der Waals surface area contributed by atoms with E-state index in [9.17, 15) is 23.2 Å². The fraction of sp³-hybridized carbons (Fsp3) is 0.515. The van der Waals surface area contributed by atoms with E-state index in [1.54, 1.807) is 45.1 Å². The second kappa shape index (κ2) is 11.4. The Labute approximate surface area is 250 Å². The van der Waals surface area contributed by atoms with Gasteiger partial charge in [0.1, 0.15) is 12.0 Å². The number of Topliss-reactive ketones (excluding diaryl/α,β-unsaturated/α-hetero) is 1. The van der Waals surface area contributed by atoms with Crippen molar-refractivity contribution in [1.82, 2.24) is 24.7 Å². The number of hydrogen-bond donors (Lipinski definition) is 1. The van der Waals surface area contributed by atoms with Crippen molar-refractivity contribution in [3.63, 3.8) is 0 Å². The van der Waals surface area contributed by atoms with Crippen LogP contribution in [0.4, 0.5) is 8.78 Å². The third-order valence-corrected chi connectivity index (χ3v) is 9.49. The number of nitrogens with one attached hydrogen (secondary N) is 1. The van der Waals surface area contributed by atoms with Crippen molar-refractivity contribution in [1.29, 1.82) is 0 Å². The molecule has 1 aromatic carbocycles. The summed E-state index contributed by atoms with van der Waals surface area (Å²) in [5, 5.41) is 3.99. The van der Waals surface area contributed by atoms with Gasteiger partial charge in [-0.15, -0.1) is 0 Å². The molecule has 0 radical (unpaired) electrons. The van der Waals surface area contributed by atoms with Crippen LogP contribution in [0.25, 0.3) is 16.6 Å². The van der Waals surface area contributed by atoms with Crippen LogP contribution in [0.2, 0.25) is 0 Å². The molecule has 0 spiro atoms. The van der Waals surface area contributed by atoms with E-state index >= 15 is 0 Å². The molecule has 1 saturated carbocycles. The molecule has 2 aromatic heterocycles. The topological polar surface area (TPSA) is 87.5 Å². The highest BCUT2D eigenvalue weighted by atomic mass is 19.1. The zero-order valence-electron chi connectivity index (χ0n) is 25.1. The minimum absolute atomic E-state index is 0.0371. The minimum Gasteiger partial charge on any atom is -0.341 e. The normalized spacial score (nSPS) is 24.0. The third kappa shape index (κ3) is 5.24. The van der Waals surface area contributed by atoms with Gasteiger partial charge in [-0.3, -0.25) is 19.4 Å². The molecule has 2 aliphatic heterocycles. The molecule has 10 heteroatoms. The lowest BCUT2D eigenvalue weighted by Gasteiger charge is -2.35. The summed E-state index contributed by atoms with van der Waals surface area (Å²) in [7, 11) is 0. The van der Waals surface area contributed by atoms with E-state index in [0.29, 0.717) is 60.9 Å². The van der Waals surface area contributed by atoms with E-state index in [1.165, 1.54) is 12.1 Å². The minimum atomic E-state index is -0.929. The smallest absolute Gasteiger partial charge is 0.256 e. The predicted molar refractivity (Wildman–Crippen MR) is 159 cm³/mol. The fourth-order valence-corrected chi connectivity index (χ4v) is 7.47. The van der Waals surface area contributed by atoms with Gasteiger partial charge >= 0.3 is 0 Å². The Bertz CT molecular complexity index is 1550.